The van der Waals surface area contributed by atoms with Crippen molar-refractivity contribution in [2.24, 2.45) is 0 Å². The summed E-state index contributed by atoms with van der Waals surface area (Å²) < 4.78 is 5.14. The summed E-state index contributed by atoms with van der Waals surface area (Å²) in [7, 11) is 1.44. The van der Waals surface area contributed by atoms with Gasteiger partial charge in [-0.2, -0.15) is 0 Å². The van der Waals surface area contributed by atoms with Crippen LogP contribution in [0.2, 0.25) is 0 Å². The first-order valence-corrected chi connectivity index (χ1v) is 8.52. The lowest BCUT2D eigenvalue weighted by atomic mass is 10.2. The lowest BCUT2D eigenvalue weighted by Gasteiger charge is -2.13. The fraction of sp³-hybridized carbons (Fsp3) is 0.105. The predicted molar refractivity (Wildman–Crippen MR) is 107 cm³/mol. The number of anilines is 3. The zero-order valence-electron chi connectivity index (χ0n) is 15.7. The smallest absolute Gasteiger partial charge is 0.355 e. The van der Waals surface area contributed by atoms with E-state index in [1.807, 2.05) is 19.1 Å². The first kappa shape index (κ1) is 19.5. The summed E-state index contributed by atoms with van der Waals surface area (Å²) in [6, 6.07) is 13.9. The number of hydrogen-bond donors (Lipinski definition) is 3. The number of methoxy groups -OCH3 is 1. The number of nitrogens with one attached hydrogen (secondary N) is 3. The largest absolute Gasteiger partial charge is 0.496 e. The Kier molecular flexibility index (Phi) is 5.83. The van der Waals surface area contributed by atoms with E-state index in [1.165, 1.54) is 7.11 Å². The number of aryl methyl sites for hydroxylation is 1. The molecule has 0 saturated carbocycles. The summed E-state index contributed by atoms with van der Waals surface area (Å²) in [5, 5.41) is 14.6. The first-order chi connectivity index (χ1) is 14.0. The Morgan fingerprint density at radius 3 is 2.48 bits per heavy atom. The minimum absolute atomic E-state index is 0.00617. The number of nitrogens with zero attached hydrogens (tertiary/aromatic N) is 3. The van der Waals surface area contributed by atoms with Crippen LogP contribution in [0.15, 0.2) is 54.9 Å². The number of hydrogen-bond acceptors (Lipinski definition) is 8. The molecule has 1 amide bonds. The highest BCUT2D eigenvalue weighted by Crippen LogP contribution is 2.31. The van der Waals surface area contributed by atoms with Crippen molar-refractivity contribution in [1.29, 1.82) is 0 Å². The number of nitro groups is 1. The molecule has 0 aliphatic rings. The standard InChI is InChI=1S/C19H18N6O4/c1-12-7-3-5-9-14(12)22-17-16(25(27)28)18(21-11-20-17)23-24-19(26)13-8-4-6-10-15(13)29-2/h3-11H,1-2H3,(H,24,26)(H2,20,21,22,23). The molecule has 1 heterocycles. The average Bonchev–Trinajstić information content (AvgIpc) is 2.73. The predicted octanol–water partition coefficient (Wildman–Crippen LogP) is 3.20. The van der Waals surface area contributed by atoms with E-state index in [9.17, 15) is 14.9 Å². The van der Waals surface area contributed by atoms with E-state index < -0.39 is 16.5 Å². The number of aromatic nitrogens is 2. The summed E-state index contributed by atoms with van der Waals surface area (Å²) in [6.45, 7) is 1.86. The second-order valence-electron chi connectivity index (χ2n) is 5.90. The van der Waals surface area contributed by atoms with Gasteiger partial charge in [-0.05, 0) is 30.7 Å². The Hall–Kier alpha value is -4.21. The zero-order chi connectivity index (χ0) is 20.8. The lowest BCUT2D eigenvalue weighted by Crippen LogP contribution is -2.30. The topological polar surface area (TPSA) is 131 Å². The Balaban J connectivity index is 1.85. The van der Waals surface area contributed by atoms with Gasteiger partial charge in [0.25, 0.3) is 5.91 Å². The van der Waals surface area contributed by atoms with Crippen LogP contribution in [-0.2, 0) is 0 Å². The molecule has 29 heavy (non-hydrogen) atoms. The quantitative estimate of drug-likeness (QED) is 0.411. The van der Waals surface area contributed by atoms with Gasteiger partial charge in [-0.25, -0.2) is 9.97 Å². The van der Waals surface area contributed by atoms with Crippen molar-refractivity contribution in [2.45, 2.75) is 6.92 Å². The van der Waals surface area contributed by atoms with Crippen LogP contribution >= 0.6 is 0 Å². The third-order valence-corrected chi connectivity index (χ3v) is 4.05. The number of rotatable bonds is 7. The van der Waals surface area contributed by atoms with Gasteiger partial charge >= 0.3 is 5.69 Å². The number of hydrazine groups is 1. The highest BCUT2D eigenvalue weighted by molar-refractivity contribution is 5.97. The van der Waals surface area contributed by atoms with Crippen LogP contribution < -0.4 is 20.9 Å². The van der Waals surface area contributed by atoms with Crippen LogP contribution in [-0.4, -0.2) is 27.9 Å². The van der Waals surface area contributed by atoms with Gasteiger partial charge in [0.1, 0.15) is 12.1 Å². The molecule has 0 aliphatic heterocycles. The van der Waals surface area contributed by atoms with Crippen LogP contribution in [0.25, 0.3) is 0 Å². The minimum atomic E-state index is -0.627. The normalized spacial score (nSPS) is 10.1. The monoisotopic (exact) mass is 394 g/mol. The van der Waals surface area contributed by atoms with Gasteiger partial charge in [0.05, 0.1) is 17.6 Å². The summed E-state index contributed by atoms with van der Waals surface area (Å²) in [6.07, 6.45) is 1.16. The fourth-order valence-electron chi connectivity index (χ4n) is 2.59. The molecule has 0 unspecified atom stereocenters. The fourth-order valence-corrected chi connectivity index (χ4v) is 2.59. The molecule has 1 aromatic heterocycles. The maximum atomic E-state index is 12.4. The number of benzene rings is 2. The van der Waals surface area contributed by atoms with Crippen molar-refractivity contribution in [3.63, 3.8) is 0 Å². The maximum absolute atomic E-state index is 12.4. The molecule has 3 aromatic rings. The second kappa shape index (κ2) is 8.65. The second-order valence-corrected chi connectivity index (χ2v) is 5.90. The van der Waals surface area contributed by atoms with Crippen LogP contribution in [0.3, 0.4) is 0 Å². The van der Waals surface area contributed by atoms with Crippen molar-refractivity contribution in [2.75, 3.05) is 17.9 Å². The van der Waals surface area contributed by atoms with Crippen molar-refractivity contribution >= 4 is 28.9 Å². The molecule has 0 fully saturated rings. The minimum Gasteiger partial charge on any atom is -0.496 e. The maximum Gasteiger partial charge on any atom is 0.355 e. The van der Waals surface area contributed by atoms with Crippen LogP contribution in [0.4, 0.5) is 23.0 Å². The van der Waals surface area contributed by atoms with Crippen molar-refractivity contribution in [3.8, 4) is 5.75 Å². The van der Waals surface area contributed by atoms with Crippen LogP contribution in [0.5, 0.6) is 5.75 Å². The molecule has 3 rings (SSSR count). The van der Waals surface area contributed by atoms with Gasteiger partial charge < -0.3 is 10.1 Å². The number of amides is 1. The van der Waals surface area contributed by atoms with E-state index in [0.717, 1.165) is 11.9 Å². The van der Waals surface area contributed by atoms with Gasteiger partial charge in [0, 0.05) is 5.69 Å². The third kappa shape index (κ3) is 4.38. The van der Waals surface area contributed by atoms with E-state index in [0.29, 0.717) is 11.4 Å². The Morgan fingerprint density at radius 1 is 1.07 bits per heavy atom. The molecular formula is C19H18N6O4. The Bertz CT molecular complexity index is 1060. The van der Waals surface area contributed by atoms with E-state index in [-0.39, 0.29) is 17.2 Å². The third-order valence-electron chi connectivity index (χ3n) is 4.05. The number of carbonyl (C=O) groups excluding carboxylic acids is 1. The van der Waals surface area contributed by atoms with Gasteiger partial charge in [-0.15, -0.1) is 0 Å². The Morgan fingerprint density at radius 2 is 1.76 bits per heavy atom. The summed E-state index contributed by atoms with van der Waals surface area (Å²) in [4.78, 5) is 31.3. The SMILES string of the molecule is COc1ccccc1C(=O)NNc1ncnc(Nc2ccccc2C)c1[N+](=O)[O-]. The lowest BCUT2D eigenvalue weighted by molar-refractivity contribution is -0.383. The van der Waals surface area contributed by atoms with E-state index in [2.05, 4.69) is 26.1 Å². The molecule has 10 heteroatoms. The van der Waals surface area contributed by atoms with Crippen molar-refractivity contribution in [3.05, 3.63) is 76.1 Å². The molecule has 10 nitrogen and oxygen atoms in total. The average molecular weight is 394 g/mol. The highest BCUT2D eigenvalue weighted by Gasteiger charge is 2.24. The molecule has 0 spiro atoms. The molecule has 0 saturated heterocycles. The van der Waals surface area contributed by atoms with Gasteiger partial charge in [-0.1, -0.05) is 30.3 Å². The molecule has 2 aromatic carbocycles. The van der Waals surface area contributed by atoms with Gasteiger partial charge in [-0.3, -0.25) is 25.8 Å². The number of para-hydroxylation sites is 2. The number of ether oxygens (including phenoxy) is 1. The van der Waals surface area contributed by atoms with E-state index in [4.69, 9.17) is 4.74 Å². The van der Waals surface area contributed by atoms with Gasteiger partial charge in [0.15, 0.2) is 0 Å². The van der Waals surface area contributed by atoms with Crippen molar-refractivity contribution < 1.29 is 14.5 Å². The first-order valence-electron chi connectivity index (χ1n) is 8.52. The van der Waals surface area contributed by atoms with Crippen molar-refractivity contribution in [1.82, 2.24) is 15.4 Å². The summed E-state index contributed by atoms with van der Waals surface area (Å²) >= 11 is 0. The zero-order valence-corrected chi connectivity index (χ0v) is 15.7. The van der Waals surface area contributed by atoms with Gasteiger partial charge in [0.2, 0.25) is 11.6 Å². The molecule has 0 atom stereocenters. The van der Waals surface area contributed by atoms with Crippen LogP contribution in [0, 0.1) is 17.0 Å². The Labute approximate surface area is 166 Å². The molecular weight excluding hydrogens is 376 g/mol. The number of carbonyl (C=O) groups is 1. The van der Waals surface area contributed by atoms with E-state index >= 15 is 0 Å². The van der Waals surface area contributed by atoms with E-state index in [1.54, 1.807) is 36.4 Å². The molecule has 148 valence electrons. The molecule has 3 N–H and O–H groups in total. The summed E-state index contributed by atoms with van der Waals surface area (Å²) in [5.74, 6) is -0.340. The molecule has 0 bridgehead atoms. The highest BCUT2D eigenvalue weighted by atomic mass is 16.6. The molecule has 0 aliphatic carbocycles. The summed E-state index contributed by atoms with van der Waals surface area (Å²) in [5.41, 5.74) is 6.30. The van der Waals surface area contributed by atoms with Crippen LogP contribution in [0.1, 0.15) is 15.9 Å². The molecule has 0 radical (unpaired) electrons.